The van der Waals surface area contributed by atoms with Gasteiger partial charge in [0.05, 0.1) is 23.4 Å². The largest absolute Gasteiger partial charge is 0.465 e. The third-order valence-corrected chi connectivity index (χ3v) is 2.87. The average Bonchev–Trinajstić information content (AvgIpc) is 2.65. The van der Waals surface area contributed by atoms with Crippen LogP contribution in [0.15, 0.2) is 10.7 Å². The van der Waals surface area contributed by atoms with Crippen LogP contribution in [0.2, 0.25) is 0 Å². The Hall–Kier alpha value is -1.63. The van der Waals surface area contributed by atoms with Crippen molar-refractivity contribution in [3.8, 4) is 0 Å². The van der Waals surface area contributed by atoms with Crippen LogP contribution >= 0.6 is 15.9 Å². The van der Waals surface area contributed by atoms with E-state index in [-0.39, 0.29) is 31.0 Å². The first-order valence-electron chi connectivity index (χ1n) is 5.71. The minimum atomic E-state index is -0.612. The summed E-state index contributed by atoms with van der Waals surface area (Å²) in [5.41, 5.74) is 0.194. The Balaban J connectivity index is 3.08. The normalized spacial score (nSPS) is 10.1. The first-order valence-corrected chi connectivity index (χ1v) is 6.50. The molecule has 0 aliphatic carbocycles. The van der Waals surface area contributed by atoms with Gasteiger partial charge in [-0.1, -0.05) is 0 Å². The van der Waals surface area contributed by atoms with Crippen molar-refractivity contribution in [2.75, 3.05) is 13.2 Å². The first kappa shape index (κ1) is 15.4. The number of hydrogen-bond donors (Lipinski definition) is 0. The fraction of sp³-hybridized carbons (Fsp3) is 0.417. The summed E-state index contributed by atoms with van der Waals surface area (Å²) < 4.78 is 11.4. The lowest BCUT2D eigenvalue weighted by atomic mass is 10.2. The summed E-state index contributed by atoms with van der Waals surface area (Å²) in [6, 6.07) is 0. The van der Waals surface area contributed by atoms with Gasteiger partial charge in [0.25, 0.3) is 0 Å². The maximum atomic E-state index is 11.7. The number of ether oxygens (including phenoxy) is 2. The van der Waals surface area contributed by atoms with Gasteiger partial charge in [0.2, 0.25) is 0 Å². The third kappa shape index (κ3) is 3.66. The molecule has 7 heteroatoms. The van der Waals surface area contributed by atoms with E-state index in [0.29, 0.717) is 10.8 Å². The monoisotopic (exact) mass is 331 g/mol. The van der Waals surface area contributed by atoms with Crippen LogP contribution in [0.3, 0.4) is 0 Å². The molecule has 1 aromatic heterocycles. The van der Waals surface area contributed by atoms with Crippen LogP contribution in [0.25, 0.3) is 0 Å². The summed E-state index contributed by atoms with van der Waals surface area (Å²) in [7, 11) is 0. The van der Waals surface area contributed by atoms with Gasteiger partial charge < -0.3 is 14.0 Å². The molecule has 0 spiro atoms. The molecule has 0 atom stereocenters. The van der Waals surface area contributed by atoms with E-state index in [9.17, 15) is 14.4 Å². The summed E-state index contributed by atoms with van der Waals surface area (Å²) in [6.07, 6.45) is 1.99. The number of esters is 2. The van der Waals surface area contributed by atoms with Crippen molar-refractivity contribution in [3.05, 3.63) is 21.9 Å². The minimum Gasteiger partial charge on any atom is -0.465 e. The molecule has 1 aromatic rings. The van der Waals surface area contributed by atoms with Crippen LogP contribution in [0.1, 0.15) is 34.7 Å². The van der Waals surface area contributed by atoms with E-state index in [4.69, 9.17) is 9.47 Å². The quantitative estimate of drug-likeness (QED) is 0.587. The van der Waals surface area contributed by atoms with Crippen LogP contribution in [-0.2, 0) is 20.8 Å². The highest BCUT2D eigenvalue weighted by Crippen LogP contribution is 2.23. The number of aldehydes is 1. The zero-order chi connectivity index (χ0) is 14.4. The molecule has 6 nitrogen and oxygen atoms in total. The number of aromatic nitrogens is 1. The zero-order valence-corrected chi connectivity index (χ0v) is 12.2. The van der Waals surface area contributed by atoms with Gasteiger partial charge in [-0.2, -0.15) is 0 Å². The lowest BCUT2D eigenvalue weighted by molar-refractivity contribution is -0.143. The predicted molar refractivity (Wildman–Crippen MR) is 70.1 cm³/mol. The molecular weight excluding hydrogens is 318 g/mol. The summed E-state index contributed by atoms with van der Waals surface area (Å²) in [4.78, 5) is 34.2. The first-order chi connectivity index (χ1) is 9.04. The molecule has 0 aromatic carbocycles. The molecule has 104 valence electrons. The zero-order valence-electron chi connectivity index (χ0n) is 10.6. The van der Waals surface area contributed by atoms with Gasteiger partial charge in [-0.25, -0.2) is 4.79 Å². The van der Waals surface area contributed by atoms with Crippen molar-refractivity contribution in [2.24, 2.45) is 0 Å². The number of nitrogens with zero attached hydrogens (tertiary/aromatic N) is 1. The molecule has 0 amide bonds. The van der Waals surface area contributed by atoms with E-state index >= 15 is 0 Å². The second-order valence-electron chi connectivity index (χ2n) is 3.51. The van der Waals surface area contributed by atoms with E-state index in [1.54, 1.807) is 13.8 Å². The molecule has 0 aliphatic heterocycles. The lowest BCUT2D eigenvalue weighted by Gasteiger charge is -2.06. The van der Waals surface area contributed by atoms with Gasteiger partial charge in [-0.05, 0) is 29.8 Å². The fourth-order valence-corrected chi connectivity index (χ4v) is 2.16. The van der Waals surface area contributed by atoms with Gasteiger partial charge in [0.1, 0.15) is 12.1 Å². The highest BCUT2D eigenvalue weighted by molar-refractivity contribution is 9.10. The van der Waals surface area contributed by atoms with Crippen LogP contribution < -0.4 is 0 Å². The van der Waals surface area contributed by atoms with Gasteiger partial charge in [-0.3, -0.25) is 9.59 Å². The summed E-state index contributed by atoms with van der Waals surface area (Å²) >= 11 is 3.18. The van der Waals surface area contributed by atoms with Gasteiger partial charge in [-0.15, -0.1) is 0 Å². The Morgan fingerprint density at radius 1 is 1.32 bits per heavy atom. The van der Waals surface area contributed by atoms with E-state index in [2.05, 4.69) is 15.9 Å². The molecule has 0 saturated heterocycles. The Bertz CT molecular complexity index is 495. The molecular formula is C12H14BrNO5. The smallest absolute Gasteiger partial charge is 0.341 e. The number of halogens is 1. The molecule has 0 unspecified atom stereocenters. The Morgan fingerprint density at radius 3 is 2.47 bits per heavy atom. The van der Waals surface area contributed by atoms with Crippen molar-refractivity contribution in [2.45, 2.75) is 20.4 Å². The Morgan fingerprint density at radius 2 is 1.95 bits per heavy atom. The van der Waals surface area contributed by atoms with E-state index in [1.807, 2.05) is 0 Å². The van der Waals surface area contributed by atoms with Crippen molar-refractivity contribution in [3.63, 3.8) is 0 Å². The molecule has 0 fully saturated rings. The molecule has 1 rings (SSSR count). The van der Waals surface area contributed by atoms with E-state index < -0.39 is 11.9 Å². The molecule has 1 heterocycles. The van der Waals surface area contributed by atoms with Crippen LogP contribution in [0.4, 0.5) is 0 Å². The lowest BCUT2D eigenvalue weighted by Crippen LogP contribution is -2.16. The maximum Gasteiger partial charge on any atom is 0.341 e. The minimum absolute atomic E-state index is 0.0818. The molecule has 0 N–H and O–H groups in total. The molecule has 0 bridgehead atoms. The maximum absolute atomic E-state index is 11.7. The number of carbonyl (C=O) groups is 3. The van der Waals surface area contributed by atoms with E-state index in [1.165, 1.54) is 10.8 Å². The summed E-state index contributed by atoms with van der Waals surface area (Å²) in [5, 5.41) is 0. The van der Waals surface area contributed by atoms with Crippen LogP contribution in [0, 0.1) is 0 Å². The molecule has 0 radical (unpaired) electrons. The number of carbonyl (C=O) groups excluding carboxylic acids is 3. The van der Waals surface area contributed by atoms with Crippen LogP contribution in [-0.4, -0.2) is 36.0 Å². The summed E-state index contributed by atoms with van der Waals surface area (Å²) in [5.74, 6) is -1.09. The number of rotatable bonds is 6. The molecule has 0 aliphatic rings. The Kier molecular flexibility index (Phi) is 5.75. The average molecular weight is 332 g/mol. The van der Waals surface area contributed by atoms with Gasteiger partial charge in [0, 0.05) is 6.20 Å². The topological polar surface area (TPSA) is 74.6 Å². The Labute approximate surface area is 118 Å². The van der Waals surface area contributed by atoms with Gasteiger partial charge in [0.15, 0.2) is 6.29 Å². The van der Waals surface area contributed by atoms with Crippen LogP contribution in [0.5, 0.6) is 0 Å². The third-order valence-electron chi connectivity index (χ3n) is 2.27. The van der Waals surface area contributed by atoms with Crippen molar-refractivity contribution in [1.29, 1.82) is 0 Å². The molecule has 0 saturated carbocycles. The van der Waals surface area contributed by atoms with Crippen molar-refractivity contribution >= 4 is 34.2 Å². The second kappa shape index (κ2) is 7.08. The van der Waals surface area contributed by atoms with E-state index in [0.717, 1.165) is 0 Å². The molecule has 19 heavy (non-hydrogen) atoms. The summed E-state index contributed by atoms with van der Waals surface area (Å²) in [6.45, 7) is 3.67. The highest BCUT2D eigenvalue weighted by atomic mass is 79.9. The highest BCUT2D eigenvalue weighted by Gasteiger charge is 2.22. The standard InChI is InChI=1S/C12H14BrNO5/c1-3-18-10(16)6-14-5-8(13)11(9(14)7-15)12(17)19-4-2/h5,7H,3-4,6H2,1-2H3. The number of hydrogen-bond acceptors (Lipinski definition) is 5. The van der Waals surface area contributed by atoms with Gasteiger partial charge >= 0.3 is 11.9 Å². The fourth-order valence-electron chi connectivity index (χ4n) is 1.55. The van der Waals surface area contributed by atoms with Crippen molar-refractivity contribution in [1.82, 2.24) is 4.57 Å². The SMILES string of the molecule is CCOC(=O)Cn1cc(Br)c(C(=O)OCC)c1C=O. The predicted octanol–water partition coefficient (Wildman–Crippen LogP) is 1.80. The second-order valence-corrected chi connectivity index (χ2v) is 4.36. The van der Waals surface area contributed by atoms with Crippen molar-refractivity contribution < 1.29 is 23.9 Å².